The highest BCUT2D eigenvalue weighted by Crippen LogP contribution is 2.35. The number of ether oxygens (including phenoxy) is 2. The number of nitrogens with one attached hydrogen (secondary N) is 1. The van der Waals surface area contributed by atoms with E-state index < -0.39 is 6.09 Å². The molecule has 1 aliphatic heterocycles. The molecule has 98 valence electrons. The minimum atomic E-state index is -0.419. The molecule has 0 spiro atoms. The molecule has 1 saturated heterocycles. The number of amides is 1. The second-order valence-electron chi connectivity index (χ2n) is 3.77. The molecule has 5 nitrogen and oxygen atoms in total. The van der Waals surface area contributed by atoms with Gasteiger partial charge in [-0.25, -0.2) is 4.79 Å². The van der Waals surface area contributed by atoms with Gasteiger partial charge in [0.05, 0.1) is 22.1 Å². The molecule has 1 amide bonds. The molecule has 0 radical (unpaired) electrons. The average Bonchev–Trinajstić information content (AvgIpc) is 2.73. The molecule has 1 atom stereocenters. The van der Waals surface area contributed by atoms with Crippen LogP contribution in [0.5, 0.6) is 5.75 Å². The molecule has 7 heteroatoms. The number of alkyl carbamates (subject to hydrolysis) is 1. The van der Waals surface area contributed by atoms with Crippen LogP contribution in [0, 0.1) is 0 Å². The highest BCUT2D eigenvalue weighted by Gasteiger charge is 2.23. The Kier molecular flexibility index (Phi) is 4.47. The van der Waals surface area contributed by atoms with E-state index in [0.29, 0.717) is 12.3 Å². The summed E-state index contributed by atoms with van der Waals surface area (Å²) >= 11 is 6.74. The van der Waals surface area contributed by atoms with Crippen molar-refractivity contribution < 1.29 is 19.4 Å². The molecular weight excluding hydrogens is 370 g/mol. The Morgan fingerprint density at radius 1 is 1.44 bits per heavy atom. The number of aliphatic hydroxyl groups is 1. The monoisotopic (exact) mass is 379 g/mol. The number of aliphatic hydroxyl groups excluding tert-OH is 1. The Hall–Kier alpha value is -0.790. The molecule has 18 heavy (non-hydrogen) atoms. The van der Waals surface area contributed by atoms with Gasteiger partial charge in [0.25, 0.3) is 0 Å². The molecule has 1 aromatic rings. The van der Waals surface area contributed by atoms with Crippen molar-refractivity contribution in [1.29, 1.82) is 0 Å². The van der Waals surface area contributed by atoms with Gasteiger partial charge in [0.1, 0.15) is 12.4 Å². The van der Waals surface area contributed by atoms with Gasteiger partial charge in [-0.1, -0.05) is 0 Å². The lowest BCUT2D eigenvalue weighted by atomic mass is 10.2. The summed E-state index contributed by atoms with van der Waals surface area (Å²) in [6.07, 6.45) is -0.703. The Labute approximate surface area is 121 Å². The number of rotatable bonds is 4. The van der Waals surface area contributed by atoms with Crippen molar-refractivity contribution in [3.63, 3.8) is 0 Å². The summed E-state index contributed by atoms with van der Waals surface area (Å²) in [5, 5.41) is 11.6. The first kappa shape index (κ1) is 13.6. The Balaban J connectivity index is 2.03. The van der Waals surface area contributed by atoms with Crippen LogP contribution in [0.1, 0.15) is 5.56 Å². The van der Waals surface area contributed by atoms with Crippen molar-refractivity contribution in [1.82, 2.24) is 5.32 Å². The van der Waals surface area contributed by atoms with Crippen LogP contribution in [0.3, 0.4) is 0 Å². The Morgan fingerprint density at radius 3 is 2.61 bits per heavy atom. The van der Waals surface area contributed by atoms with E-state index in [1.165, 1.54) is 0 Å². The normalized spacial score (nSPS) is 18.4. The Morgan fingerprint density at radius 2 is 2.11 bits per heavy atom. The molecule has 2 rings (SSSR count). The topological polar surface area (TPSA) is 67.8 Å². The first-order valence-electron chi connectivity index (χ1n) is 5.26. The van der Waals surface area contributed by atoms with Gasteiger partial charge in [-0.3, -0.25) is 0 Å². The van der Waals surface area contributed by atoms with Crippen molar-refractivity contribution >= 4 is 38.0 Å². The number of cyclic esters (lactones) is 1. The third kappa shape index (κ3) is 3.15. The zero-order valence-corrected chi connectivity index (χ0v) is 12.5. The van der Waals surface area contributed by atoms with E-state index in [1.54, 1.807) is 12.1 Å². The molecule has 2 N–H and O–H groups in total. The molecule has 1 aliphatic rings. The fourth-order valence-electron chi connectivity index (χ4n) is 1.54. The van der Waals surface area contributed by atoms with Crippen LogP contribution in [0.2, 0.25) is 0 Å². The maximum absolute atomic E-state index is 10.8. The number of carbonyl (C=O) groups is 1. The minimum absolute atomic E-state index is 0.0400. The number of hydrogen-bond acceptors (Lipinski definition) is 4. The highest BCUT2D eigenvalue weighted by atomic mass is 79.9. The van der Waals surface area contributed by atoms with Crippen LogP contribution in [0.15, 0.2) is 21.1 Å². The standard InChI is InChI=1S/C11H11Br2NO4/c12-8-1-6(4-15)2-9(13)10(8)17-5-7-3-14-11(16)18-7/h1-2,7,15H,3-5H2,(H,14,16). The molecule has 0 saturated carbocycles. The summed E-state index contributed by atoms with van der Waals surface area (Å²) in [4.78, 5) is 10.8. The predicted octanol–water partition coefficient (Wildman–Crippen LogP) is 2.19. The van der Waals surface area contributed by atoms with Gasteiger partial charge in [-0.15, -0.1) is 0 Å². The number of halogens is 2. The minimum Gasteiger partial charge on any atom is -0.487 e. The Bertz CT molecular complexity index is 443. The summed E-state index contributed by atoms with van der Waals surface area (Å²) in [6, 6.07) is 3.55. The van der Waals surface area contributed by atoms with Crippen LogP contribution in [0.4, 0.5) is 4.79 Å². The third-order valence-electron chi connectivity index (χ3n) is 2.40. The number of carbonyl (C=O) groups excluding carboxylic acids is 1. The van der Waals surface area contributed by atoms with E-state index in [-0.39, 0.29) is 19.3 Å². The van der Waals surface area contributed by atoms with Gasteiger partial charge >= 0.3 is 6.09 Å². The molecular formula is C11H11Br2NO4. The first-order chi connectivity index (χ1) is 8.60. The first-order valence-corrected chi connectivity index (χ1v) is 6.85. The van der Waals surface area contributed by atoms with E-state index in [0.717, 1.165) is 14.5 Å². The largest absolute Gasteiger partial charge is 0.487 e. The van der Waals surface area contributed by atoms with Crippen molar-refractivity contribution in [3.05, 3.63) is 26.6 Å². The summed E-state index contributed by atoms with van der Waals surface area (Å²) in [6.45, 7) is 0.679. The van der Waals surface area contributed by atoms with Crippen molar-refractivity contribution in [2.24, 2.45) is 0 Å². The molecule has 0 aliphatic carbocycles. The van der Waals surface area contributed by atoms with E-state index in [4.69, 9.17) is 14.6 Å². The van der Waals surface area contributed by atoms with E-state index in [1.807, 2.05) is 0 Å². The van der Waals surface area contributed by atoms with Crippen molar-refractivity contribution in [2.45, 2.75) is 12.7 Å². The molecule has 1 fully saturated rings. The molecule has 1 unspecified atom stereocenters. The summed E-state index contributed by atoms with van der Waals surface area (Å²) in [7, 11) is 0. The van der Waals surface area contributed by atoms with Crippen LogP contribution < -0.4 is 10.1 Å². The van der Waals surface area contributed by atoms with Crippen LogP contribution in [-0.4, -0.2) is 30.5 Å². The van der Waals surface area contributed by atoms with Crippen LogP contribution in [-0.2, 0) is 11.3 Å². The number of hydrogen-bond donors (Lipinski definition) is 2. The maximum atomic E-state index is 10.8. The van der Waals surface area contributed by atoms with Gasteiger partial charge in [0.2, 0.25) is 0 Å². The predicted molar refractivity (Wildman–Crippen MR) is 71.5 cm³/mol. The fraction of sp³-hybridized carbons (Fsp3) is 0.364. The van der Waals surface area contributed by atoms with Crippen molar-refractivity contribution in [3.8, 4) is 5.75 Å². The number of benzene rings is 1. The van der Waals surface area contributed by atoms with Crippen molar-refractivity contribution in [2.75, 3.05) is 13.2 Å². The van der Waals surface area contributed by atoms with Crippen LogP contribution in [0.25, 0.3) is 0 Å². The second-order valence-corrected chi connectivity index (χ2v) is 5.47. The van der Waals surface area contributed by atoms with E-state index in [9.17, 15) is 4.79 Å². The zero-order chi connectivity index (χ0) is 13.1. The highest BCUT2D eigenvalue weighted by molar-refractivity contribution is 9.11. The lowest BCUT2D eigenvalue weighted by molar-refractivity contribution is 0.104. The van der Waals surface area contributed by atoms with Gasteiger partial charge in [0.15, 0.2) is 6.10 Å². The lowest BCUT2D eigenvalue weighted by Gasteiger charge is -2.14. The lowest BCUT2D eigenvalue weighted by Crippen LogP contribution is -2.22. The van der Waals surface area contributed by atoms with Gasteiger partial charge < -0.3 is 19.9 Å². The molecule has 1 aromatic carbocycles. The van der Waals surface area contributed by atoms with E-state index in [2.05, 4.69) is 37.2 Å². The second kappa shape index (κ2) is 5.90. The quantitative estimate of drug-likeness (QED) is 0.840. The van der Waals surface area contributed by atoms with Gasteiger partial charge in [-0.2, -0.15) is 0 Å². The third-order valence-corrected chi connectivity index (χ3v) is 3.58. The molecule has 0 bridgehead atoms. The van der Waals surface area contributed by atoms with E-state index >= 15 is 0 Å². The summed E-state index contributed by atoms with van der Waals surface area (Å²) in [5.74, 6) is 0.621. The summed E-state index contributed by atoms with van der Waals surface area (Å²) in [5.41, 5.74) is 0.773. The van der Waals surface area contributed by atoms with Gasteiger partial charge in [0, 0.05) is 0 Å². The molecule has 1 heterocycles. The molecule has 0 aromatic heterocycles. The smallest absolute Gasteiger partial charge is 0.407 e. The SMILES string of the molecule is O=C1NCC(COc2c(Br)cc(CO)cc2Br)O1. The average molecular weight is 381 g/mol. The zero-order valence-electron chi connectivity index (χ0n) is 9.28. The van der Waals surface area contributed by atoms with Crippen LogP contribution >= 0.6 is 31.9 Å². The fourth-order valence-corrected chi connectivity index (χ4v) is 3.05. The maximum Gasteiger partial charge on any atom is 0.407 e. The summed E-state index contributed by atoms with van der Waals surface area (Å²) < 4.78 is 12.0. The van der Waals surface area contributed by atoms with Gasteiger partial charge in [-0.05, 0) is 49.6 Å².